The molecule has 98 valence electrons. The first kappa shape index (κ1) is 14.6. The molecular formula is C15H20O3. The van der Waals surface area contributed by atoms with Gasteiger partial charge in [-0.3, -0.25) is 4.79 Å². The summed E-state index contributed by atoms with van der Waals surface area (Å²) in [5.74, 6) is -0.467. The van der Waals surface area contributed by atoms with Gasteiger partial charge >= 0.3 is 0 Å². The molecule has 0 bridgehead atoms. The van der Waals surface area contributed by atoms with Gasteiger partial charge in [0, 0.05) is 0 Å². The lowest BCUT2D eigenvalue weighted by atomic mass is 9.89. The molecule has 0 saturated carbocycles. The molecule has 0 fully saturated rings. The van der Waals surface area contributed by atoms with Crippen molar-refractivity contribution in [1.82, 2.24) is 0 Å². The fourth-order valence-electron chi connectivity index (χ4n) is 1.71. The van der Waals surface area contributed by atoms with E-state index in [0.717, 1.165) is 5.56 Å². The van der Waals surface area contributed by atoms with Crippen LogP contribution in [0.3, 0.4) is 0 Å². The van der Waals surface area contributed by atoms with Crippen LogP contribution in [-0.4, -0.2) is 27.7 Å². The molecule has 3 heteroatoms. The van der Waals surface area contributed by atoms with Crippen LogP contribution >= 0.6 is 0 Å². The highest BCUT2D eigenvalue weighted by atomic mass is 16.3. The summed E-state index contributed by atoms with van der Waals surface area (Å²) in [7, 11) is 0. The number of aliphatic hydroxyl groups is 2. The number of rotatable bonds is 6. The van der Waals surface area contributed by atoms with Crippen LogP contribution in [0.2, 0.25) is 0 Å². The zero-order valence-corrected chi connectivity index (χ0v) is 10.8. The Morgan fingerprint density at radius 1 is 1.39 bits per heavy atom. The lowest BCUT2D eigenvalue weighted by molar-refractivity contribution is -0.142. The Morgan fingerprint density at radius 3 is 2.56 bits per heavy atom. The molecule has 2 atom stereocenters. The van der Waals surface area contributed by atoms with Crippen LogP contribution in [-0.2, 0) is 11.2 Å². The molecule has 0 aliphatic rings. The van der Waals surface area contributed by atoms with E-state index in [1.54, 1.807) is 13.0 Å². The quantitative estimate of drug-likeness (QED) is 0.756. The number of aryl methyl sites for hydroxylation is 1. The first-order chi connectivity index (χ1) is 8.48. The SMILES string of the molecule is C/C=C/C(=O)[C@@](C)(O)[C@H](O)CCc1ccccc1. The summed E-state index contributed by atoms with van der Waals surface area (Å²) >= 11 is 0. The van der Waals surface area contributed by atoms with Gasteiger partial charge in [-0.15, -0.1) is 0 Å². The molecule has 1 aromatic rings. The second-order valence-corrected chi connectivity index (χ2v) is 4.55. The van der Waals surface area contributed by atoms with Gasteiger partial charge in [-0.05, 0) is 38.3 Å². The highest BCUT2D eigenvalue weighted by Crippen LogP contribution is 2.17. The van der Waals surface area contributed by atoms with Gasteiger partial charge in [0.15, 0.2) is 5.78 Å². The number of carbonyl (C=O) groups is 1. The van der Waals surface area contributed by atoms with Crippen molar-refractivity contribution in [3.63, 3.8) is 0 Å². The Hall–Kier alpha value is -1.45. The highest BCUT2D eigenvalue weighted by molar-refractivity contribution is 5.96. The minimum Gasteiger partial charge on any atom is -0.390 e. The molecule has 0 aliphatic carbocycles. The topological polar surface area (TPSA) is 57.5 Å². The molecule has 0 heterocycles. The van der Waals surface area contributed by atoms with Gasteiger partial charge in [-0.1, -0.05) is 36.4 Å². The molecule has 0 unspecified atom stereocenters. The van der Waals surface area contributed by atoms with E-state index in [4.69, 9.17) is 0 Å². The Labute approximate surface area is 108 Å². The summed E-state index contributed by atoms with van der Waals surface area (Å²) in [6.45, 7) is 3.05. The molecule has 0 radical (unpaired) electrons. The average Bonchev–Trinajstić information content (AvgIpc) is 2.37. The van der Waals surface area contributed by atoms with Crippen molar-refractivity contribution < 1.29 is 15.0 Å². The number of ketones is 1. The van der Waals surface area contributed by atoms with Crippen molar-refractivity contribution in [2.75, 3.05) is 0 Å². The monoisotopic (exact) mass is 248 g/mol. The van der Waals surface area contributed by atoms with Crippen LogP contribution in [0, 0.1) is 0 Å². The third-order valence-corrected chi connectivity index (χ3v) is 3.02. The summed E-state index contributed by atoms with van der Waals surface area (Å²) < 4.78 is 0. The minimum absolute atomic E-state index is 0.348. The lowest BCUT2D eigenvalue weighted by Crippen LogP contribution is -2.46. The summed E-state index contributed by atoms with van der Waals surface area (Å²) in [5.41, 5.74) is -0.646. The van der Waals surface area contributed by atoms with E-state index in [2.05, 4.69) is 0 Å². The van der Waals surface area contributed by atoms with Gasteiger partial charge in [0.25, 0.3) is 0 Å². The predicted molar refractivity (Wildman–Crippen MR) is 71.2 cm³/mol. The van der Waals surface area contributed by atoms with Crippen molar-refractivity contribution in [3.8, 4) is 0 Å². The highest BCUT2D eigenvalue weighted by Gasteiger charge is 2.36. The molecule has 0 spiro atoms. The van der Waals surface area contributed by atoms with Crippen LogP contribution in [0.1, 0.15) is 25.8 Å². The fraction of sp³-hybridized carbons (Fsp3) is 0.400. The van der Waals surface area contributed by atoms with Crippen molar-refractivity contribution >= 4 is 5.78 Å². The first-order valence-corrected chi connectivity index (χ1v) is 6.10. The number of allylic oxidation sites excluding steroid dienone is 1. The van der Waals surface area contributed by atoms with Crippen molar-refractivity contribution in [3.05, 3.63) is 48.0 Å². The summed E-state index contributed by atoms with van der Waals surface area (Å²) in [4.78, 5) is 11.6. The maximum absolute atomic E-state index is 11.6. The number of aliphatic hydroxyl groups excluding tert-OH is 1. The molecule has 3 nitrogen and oxygen atoms in total. The van der Waals surface area contributed by atoms with Crippen LogP contribution in [0.15, 0.2) is 42.5 Å². The lowest BCUT2D eigenvalue weighted by Gasteiger charge is -2.26. The van der Waals surface area contributed by atoms with E-state index in [1.807, 2.05) is 30.3 Å². The molecule has 0 aromatic heterocycles. The molecule has 1 aromatic carbocycles. The molecule has 0 amide bonds. The maximum Gasteiger partial charge on any atom is 0.189 e. The van der Waals surface area contributed by atoms with Gasteiger partial charge in [-0.25, -0.2) is 0 Å². The standard InChI is InChI=1S/C15H20O3/c1-3-7-13(16)15(2,18)14(17)11-10-12-8-5-4-6-9-12/h3-9,14,17-18H,10-11H2,1-2H3/b7-3+/t14-,15-/m1/s1. The van der Waals surface area contributed by atoms with Crippen molar-refractivity contribution in [1.29, 1.82) is 0 Å². The average molecular weight is 248 g/mol. The molecule has 0 saturated heterocycles. The largest absolute Gasteiger partial charge is 0.390 e. The second-order valence-electron chi connectivity index (χ2n) is 4.55. The van der Waals surface area contributed by atoms with E-state index in [9.17, 15) is 15.0 Å². The smallest absolute Gasteiger partial charge is 0.189 e. The summed E-state index contributed by atoms with van der Waals surface area (Å²) in [6, 6.07) is 9.67. The Morgan fingerprint density at radius 2 is 2.00 bits per heavy atom. The molecule has 2 N–H and O–H groups in total. The second kappa shape index (κ2) is 6.47. The molecule has 18 heavy (non-hydrogen) atoms. The maximum atomic E-state index is 11.6. The van der Waals surface area contributed by atoms with Gasteiger partial charge in [0.05, 0.1) is 6.10 Å². The third-order valence-electron chi connectivity index (χ3n) is 3.02. The van der Waals surface area contributed by atoms with E-state index in [-0.39, 0.29) is 0 Å². The summed E-state index contributed by atoms with van der Waals surface area (Å²) in [6.07, 6.45) is 2.75. The number of hydrogen-bond donors (Lipinski definition) is 2. The van der Waals surface area contributed by atoms with Crippen LogP contribution < -0.4 is 0 Å². The van der Waals surface area contributed by atoms with E-state index in [1.165, 1.54) is 13.0 Å². The number of carbonyl (C=O) groups excluding carboxylic acids is 1. The predicted octanol–water partition coefficient (Wildman–Crippen LogP) is 1.88. The van der Waals surface area contributed by atoms with E-state index < -0.39 is 17.5 Å². The minimum atomic E-state index is -1.72. The molecule has 1 rings (SSSR count). The summed E-state index contributed by atoms with van der Waals surface area (Å²) in [5, 5.41) is 19.9. The zero-order chi connectivity index (χ0) is 13.6. The van der Waals surface area contributed by atoms with E-state index in [0.29, 0.717) is 12.8 Å². The van der Waals surface area contributed by atoms with Gasteiger partial charge in [-0.2, -0.15) is 0 Å². The Bertz CT molecular complexity index is 407. The Balaban J connectivity index is 2.59. The van der Waals surface area contributed by atoms with Crippen molar-refractivity contribution in [2.24, 2.45) is 0 Å². The molecular weight excluding hydrogens is 228 g/mol. The van der Waals surface area contributed by atoms with E-state index >= 15 is 0 Å². The number of hydrogen-bond acceptors (Lipinski definition) is 3. The first-order valence-electron chi connectivity index (χ1n) is 6.10. The van der Waals surface area contributed by atoms with Crippen LogP contribution in [0.5, 0.6) is 0 Å². The van der Waals surface area contributed by atoms with Gasteiger partial charge in [0.2, 0.25) is 0 Å². The third kappa shape index (κ3) is 3.79. The van der Waals surface area contributed by atoms with Gasteiger partial charge in [0.1, 0.15) is 5.60 Å². The van der Waals surface area contributed by atoms with Gasteiger partial charge < -0.3 is 10.2 Å². The van der Waals surface area contributed by atoms with Crippen molar-refractivity contribution in [2.45, 2.75) is 38.4 Å². The van der Waals surface area contributed by atoms with Crippen LogP contribution in [0.4, 0.5) is 0 Å². The number of benzene rings is 1. The zero-order valence-electron chi connectivity index (χ0n) is 10.8. The molecule has 0 aliphatic heterocycles. The normalized spacial score (nSPS) is 16.4. The van der Waals surface area contributed by atoms with Crippen LogP contribution in [0.25, 0.3) is 0 Å². The Kier molecular flexibility index (Phi) is 5.25. The fourth-order valence-corrected chi connectivity index (χ4v) is 1.71.